The molecule has 0 unspecified atom stereocenters. The zero-order valence-corrected chi connectivity index (χ0v) is 12.7. The van der Waals surface area contributed by atoms with Crippen molar-refractivity contribution < 1.29 is 27.1 Å². The number of nitrogens with one attached hydrogen (secondary N) is 1. The van der Waals surface area contributed by atoms with Gasteiger partial charge in [0.15, 0.2) is 11.5 Å². The van der Waals surface area contributed by atoms with Crippen LogP contribution < -0.4 is 10.1 Å². The molecule has 0 fully saturated rings. The molecule has 0 bridgehead atoms. The van der Waals surface area contributed by atoms with Gasteiger partial charge in [0.25, 0.3) is 5.91 Å². The molecule has 0 aliphatic heterocycles. The third-order valence-electron chi connectivity index (χ3n) is 3.27. The molecule has 0 saturated carbocycles. The first kappa shape index (κ1) is 16.6. The molecule has 0 atom stereocenters. The molecule has 0 radical (unpaired) electrons. The molecule has 7 heteroatoms. The SMILES string of the molecule is O=C(Nc1cc(C(F)(F)F)ccc1Oc1ccccc1)c1ccco1. The molecule has 3 rings (SSSR count). The summed E-state index contributed by atoms with van der Waals surface area (Å²) in [5.41, 5.74) is -1.01. The summed E-state index contributed by atoms with van der Waals surface area (Å²) in [6.07, 6.45) is -3.25. The Bertz CT molecular complexity index is 859. The summed E-state index contributed by atoms with van der Waals surface area (Å²) in [5.74, 6) is -0.194. The second-order valence-electron chi connectivity index (χ2n) is 5.06. The van der Waals surface area contributed by atoms with E-state index >= 15 is 0 Å². The number of carbonyl (C=O) groups excluding carboxylic acids is 1. The summed E-state index contributed by atoms with van der Waals surface area (Å²) in [4.78, 5) is 12.1. The number of hydrogen-bond donors (Lipinski definition) is 1. The van der Waals surface area contributed by atoms with Crippen LogP contribution >= 0.6 is 0 Å². The summed E-state index contributed by atoms with van der Waals surface area (Å²) in [6, 6.07) is 14.3. The van der Waals surface area contributed by atoms with Gasteiger partial charge in [-0.1, -0.05) is 18.2 Å². The highest BCUT2D eigenvalue weighted by Crippen LogP contribution is 2.37. The van der Waals surface area contributed by atoms with E-state index in [1.54, 1.807) is 30.3 Å². The molecule has 128 valence electrons. The van der Waals surface area contributed by atoms with Crippen molar-refractivity contribution in [1.82, 2.24) is 0 Å². The first-order valence-electron chi connectivity index (χ1n) is 7.22. The molecule has 2 aromatic carbocycles. The Kier molecular flexibility index (Phi) is 4.47. The molecule has 0 spiro atoms. The fraction of sp³-hybridized carbons (Fsp3) is 0.0556. The topological polar surface area (TPSA) is 51.5 Å². The highest BCUT2D eigenvalue weighted by molar-refractivity contribution is 6.03. The fourth-order valence-electron chi connectivity index (χ4n) is 2.10. The highest BCUT2D eigenvalue weighted by atomic mass is 19.4. The third kappa shape index (κ3) is 4.00. The van der Waals surface area contributed by atoms with Gasteiger partial charge < -0.3 is 14.5 Å². The summed E-state index contributed by atoms with van der Waals surface area (Å²) in [7, 11) is 0. The molecule has 1 heterocycles. The third-order valence-corrected chi connectivity index (χ3v) is 3.27. The number of ether oxygens (including phenoxy) is 1. The lowest BCUT2D eigenvalue weighted by atomic mass is 10.1. The summed E-state index contributed by atoms with van der Waals surface area (Å²) in [6.45, 7) is 0. The predicted molar refractivity (Wildman–Crippen MR) is 84.6 cm³/mol. The van der Waals surface area contributed by atoms with Crippen molar-refractivity contribution >= 4 is 11.6 Å². The van der Waals surface area contributed by atoms with E-state index in [0.717, 1.165) is 18.2 Å². The summed E-state index contributed by atoms with van der Waals surface area (Å²) < 4.78 is 49.4. The number of carbonyl (C=O) groups is 1. The Labute approximate surface area is 140 Å². The molecule has 1 aromatic heterocycles. The van der Waals surface area contributed by atoms with E-state index in [2.05, 4.69) is 5.32 Å². The largest absolute Gasteiger partial charge is 0.459 e. The van der Waals surface area contributed by atoms with Crippen molar-refractivity contribution in [1.29, 1.82) is 0 Å². The first-order valence-corrected chi connectivity index (χ1v) is 7.22. The number of benzene rings is 2. The van der Waals surface area contributed by atoms with E-state index < -0.39 is 17.6 Å². The van der Waals surface area contributed by atoms with E-state index in [0.29, 0.717) is 5.75 Å². The van der Waals surface area contributed by atoms with Gasteiger partial charge in [0.2, 0.25) is 0 Å². The molecule has 25 heavy (non-hydrogen) atoms. The van der Waals surface area contributed by atoms with Crippen LogP contribution in [0.3, 0.4) is 0 Å². The number of furan rings is 1. The Morgan fingerprint density at radius 2 is 1.76 bits per heavy atom. The van der Waals surface area contributed by atoms with Crippen LogP contribution in [0.1, 0.15) is 16.1 Å². The van der Waals surface area contributed by atoms with Gasteiger partial charge >= 0.3 is 6.18 Å². The van der Waals surface area contributed by atoms with Crippen molar-refractivity contribution in [3.63, 3.8) is 0 Å². The minimum Gasteiger partial charge on any atom is -0.459 e. The number of rotatable bonds is 4. The highest BCUT2D eigenvalue weighted by Gasteiger charge is 2.31. The molecule has 0 aliphatic carbocycles. The number of halogens is 3. The van der Waals surface area contributed by atoms with Crippen LogP contribution in [0.25, 0.3) is 0 Å². The normalized spacial score (nSPS) is 11.2. The molecule has 0 saturated heterocycles. The Morgan fingerprint density at radius 1 is 1.00 bits per heavy atom. The zero-order chi connectivity index (χ0) is 17.9. The van der Waals surface area contributed by atoms with Gasteiger partial charge in [-0.2, -0.15) is 13.2 Å². The van der Waals surface area contributed by atoms with Crippen LogP contribution in [0.2, 0.25) is 0 Å². The van der Waals surface area contributed by atoms with E-state index in [-0.39, 0.29) is 17.2 Å². The zero-order valence-electron chi connectivity index (χ0n) is 12.7. The lowest BCUT2D eigenvalue weighted by molar-refractivity contribution is -0.137. The van der Waals surface area contributed by atoms with Gasteiger partial charge in [0, 0.05) is 0 Å². The van der Waals surface area contributed by atoms with Gasteiger partial charge in [0.1, 0.15) is 5.75 Å². The van der Waals surface area contributed by atoms with Crippen molar-refractivity contribution in [2.24, 2.45) is 0 Å². The van der Waals surface area contributed by atoms with Crippen LogP contribution in [-0.4, -0.2) is 5.91 Å². The van der Waals surface area contributed by atoms with Crippen LogP contribution in [0.15, 0.2) is 71.3 Å². The second kappa shape index (κ2) is 6.72. The van der Waals surface area contributed by atoms with Crippen LogP contribution in [-0.2, 0) is 6.18 Å². The van der Waals surface area contributed by atoms with Crippen LogP contribution in [0, 0.1) is 0 Å². The maximum Gasteiger partial charge on any atom is 0.416 e. The van der Waals surface area contributed by atoms with Gasteiger partial charge in [-0.25, -0.2) is 0 Å². The quantitative estimate of drug-likeness (QED) is 0.693. The summed E-state index contributed by atoms with van der Waals surface area (Å²) in [5, 5.41) is 2.39. The van der Waals surface area contributed by atoms with Gasteiger partial charge in [-0.05, 0) is 42.5 Å². The minimum atomic E-state index is -4.55. The molecule has 4 nitrogen and oxygen atoms in total. The van der Waals surface area contributed by atoms with E-state index in [9.17, 15) is 18.0 Å². The number of para-hydroxylation sites is 1. The Balaban J connectivity index is 1.94. The second-order valence-corrected chi connectivity index (χ2v) is 5.06. The van der Waals surface area contributed by atoms with Crippen LogP contribution in [0.4, 0.5) is 18.9 Å². The van der Waals surface area contributed by atoms with E-state index in [1.165, 1.54) is 18.4 Å². The molecular formula is C18H12F3NO3. The average molecular weight is 347 g/mol. The fourth-order valence-corrected chi connectivity index (χ4v) is 2.10. The van der Waals surface area contributed by atoms with Crippen molar-refractivity contribution in [2.75, 3.05) is 5.32 Å². The van der Waals surface area contributed by atoms with E-state index in [4.69, 9.17) is 9.15 Å². The molecular weight excluding hydrogens is 335 g/mol. The maximum atomic E-state index is 13.0. The first-order chi connectivity index (χ1) is 11.9. The van der Waals surface area contributed by atoms with Crippen molar-refractivity contribution in [3.8, 4) is 11.5 Å². The standard InChI is InChI=1S/C18H12F3NO3/c19-18(20,21)12-8-9-15(25-13-5-2-1-3-6-13)14(11-12)22-17(23)16-7-4-10-24-16/h1-11H,(H,22,23). The van der Waals surface area contributed by atoms with Crippen molar-refractivity contribution in [3.05, 3.63) is 78.3 Å². The van der Waals surface area contributed by atoms with Crippen LogP contribution in [0.5, 0.6) is 11.5 Å². The average Bonchev–Trinajstić information content (AvgIpc) is 3.11. The van der Waals surface area contributed by atoms with Gasteiger partial charge in [-0.3, -0.25) is 4.79 Å². The summed E-state index contributed by atoms with van der Waals surface area (Å²) >= 11 is 0. The molecule has 0 aliphatic rings. The smallest absolute Gasteiger partial charge is 0.416 e. The Hall–Kier alpha value is -3.22. The number of hydrogen-bond acceptors (Lipinski definition) is 3. The van der Waals surface area contributed by atoms with Gasteiger partial charge in [0.05, 0.1) is 17.5 Å². The lowest BCUT2D eigenvalue weighted by Gasteiger charge is -2.14. The molecule has 1 amide bonds. The molecule has 3 aromatic rings. The Morgan fingerprint density at radius 3 is 2.40 bits per heavy atom. The maximum absolute atomic E-state index is 13.0. The predicted octanol–water partition coefficient (Wildman–Crippen LogP) is 5.34. The molecule has 1 N–H and O–H groups in total. The number of amides is 1. The number of alkyl halides is 3. The van der Waals surface area contributed by atoms with Crippen molar-refractivity contribution in [2.45, 2.75) is 6.18 Å². The lowest BCUT2D eigenvalue weighted by Crippen LogP contribution is -2.13. The number of anilines is 1. The monoisotopic (exact) mass is 347 g/mol. The van der Waals surface area contributed by atoms with Gasteiger partial charge in [-0.15, -0.1) is 0 Å². The van der Waals surface area contributed by atoms with E-state index in [1.807, 2.05) is 0 Å². The minimum absolute atomic E-state index is 0.0249.